The Morgan fingerprint density at radius 3 is 2.88 bits per heavy atom. The molecule has 0 spiro atoms. The Labute approximate surface area is 96.4 Å². The molecule has 1 N–H and O–H groups in total. The maximum Gasteiger partial charge on any atom is 0.131 e. The van der Waals surface area contributed by atoms with Crippen molar-refractivity contribution in [1.29, 1.82) is 0 Å². The lowest BCUT2D eigenvalue weighted by atomic mass is 10.2. The van der Waals surface area contributed by atoms with Crippen LogP contribution in [0.4, 0.5) is 5.82 Å². The number of nitrogens with zero attached hydrogens (tertiary/aromatic N) is 2. The van der Waals surface area contributed by atoms with Crippen molar-refractivity contribution in [1.82, 2.24) is 9.97 Å². The highest BCUT2D eigenvalue weighted by Gasteiger charge is 2.23. The van der Waals surface area contributed by atoms with Gasteiger partial charge in [-0.05, 0) is 25.7 Å². The van der Waals surface area contributed by atoms with Gasteiger partial charge in [-0.15, -0.1) is 0 Å². The number of hydrogen-bond donors (Lipinski definition) is 1. The molecule has 1 aromatic rings. The van der Waals surface area contributed by atoms with Crippen molar-refractivity contribution in [2.24, 2.45) is 5.92 Å². The van der Waals surface area contributed by atoms with E-state index in [1.807, 2.05) is 6.07 Å². The van der Waals surface area contributed by atoms with Gasteiger partial charge < -0.3 is 10.1 Å². The van der Waals surface area contributed by atoms with Crippen molar-refractivity contribution in [3.05, 3.63) is 17.6 Å². The number of aromatic nitrogens is 2. The molecule has 0 amide bonds. The van der Waals surface area contributed by atoms with E-state index in [-0.39, 0.29) is 0 Å². The van der Waals surface area contributed by atoms with Crippen molar-refractivity contribution in [2.45, 2.75) is 32.8 Å². The van der Waals surface area contributed by atoms with E-state index in [1.165, 1.54) is 12.8 Å². The van der Waals surface area contributed by atoms with Gasteiger partial charge in [0.2, 0.25) is 0 Å². The average Bonchev–Trinajstić information content (AvgIpc) is 3.02. The van der Waals surface area contributed by atoms with Crippen LogP contribution in [0.5, 0.6) is 0 Å². The minimum Gasteiger partial charge on any atom is -0.378 e. The molecule has 0 saturated heterocycles. The van der Waals surface area contributed by atoms with Crippen LogP contribution in [0.2, 0.25) is 0 Å². The van der Waals surface area contributed by atoms with E-state index in [2.05, 4.69) is 22.2 Å². The average molecular weight is 221 g/mol. The van der Waals surface area contributed by atoms with Crippen molar-refractivity contribution in [2.75, 3.05) is 19.0 Å². The van der Waals surface area contributed by atoms with Gasteiger partial charge in [-0.1, -0.05) is 0 Å². The van der Waals surface area contributed by atoms with Crippen LogP contribution in [0, 0.1) is 5.92 Å². The van der Waals surface area contributed by atoms with E-state index < -0.39 is 0 Å². The lowest BCUT2D eigenvalue weighted by Crippen LogP contribution is -2.07. The van der Waals surface area contributed by atoms with Crippen LogP contribution >= 0.6 is 0 Å². The van der Waals surface area contributed by atoms with Crippen LogP contribution in [0.3, 0.4) is 0 Å². The van der Waals surface area contributed by atoms with Gasteiger partial charge in [0.1, 0.15) is 11.6 Å². The Morgan fingerprint density at radius 2 is 2.25 bits per heavy atom. The molecule has 0 radical (unpaired) electrons. The largest absolute Gasteiger partial charge is 0.378 e. The molecule has 1 aliphatic rings. The third-order valence-corrected chi connectivity index (χ3v) is 2.64. The molecule has 0 unspecified atom stereocenters. The fraction of sp³-hybridized carbons (Fsp3) is 0.667. The van der Waals surface area contributed by atoms with Crippen LogP contribution in [0.25, 0.3) is 0 Å². The molecule has 1 aromatic heterocycles. The van der Waals surface area contributed by atoms with Crippen LogP contribution in [-0.2, 0) is 17.8 Å². The Hall–Kier alpha value is -1.16. The van der Waals surface area contributed by atoms with Crippen LogP contribution in [0.1, 0.15) is 31.3 Å². The van der Waals surface area contributed by atoms with E-state index in [4.69, 9.17) is 4.74 Å². The van der Waals surface area contributed by atoms with E-state index in [0.717, 1.165) is 36.2 Å². The van der Waals surface area contributed by atoms with Crippen molar-refractivity contribution in [3.8, 4) is 0 Å². The second-order valence-electron chi connectivity index (χ2n) is 4.27. The third-order valence-electron chi connectivity index (χ3n) is 2.64. The summed E-state index contributed by atoms with van der Waals surface area (Å²) in [5.41, 5.74) is 0.962. The molecule has 0 aromatic carbocycles. The fourth-order valence-corrected chi connectivity index (χ4v) is 1.72. The zero-order valence-corrected chi connectivity index (χ0v) is 9.99. The maximum atomic E-state index is 5.12. The summed E-state index contributed by atoms with van der Waals surface area (Å²) >= 11 is 0. The van der Waals surface area contributed by atoms with Crippen LogP contribution < -0.4 is 5.32 Å². The zero-order valence-electron chi connectivity index (χ0n) is 9.99. The fourth-order valence-electron chi connectivity index (χ4n) is 1.72. The molecule has 1 saturated carbocycles. The summed E-state index contributed by atoms with van der Waals surface area (Å²) in [5, 5.41) is 3.23. The Kier molecular flexibility index (Phi) is 3.72. The van der Waals surface area contributed by atoms with Crippen LogP contribution in [-0.4, -0.2) is 23.6 Å². The molecule has 4 heteroatoms. The first-order valence-electron chi connectivity index (χ1n) is 5.91. The van der Waals surface area contributed by atoms with E-state index in [0.29, 0.717) is 6.61 Å². The summed E-state index contributed by atoms with van der Waals surface area (Å²) in [6, 6.07) is 1.96. The molecular weight excluding hydrogens is 202 g/mol. The summed E-state index contributed by atoms with van der Waals surface area (Å²) in [6.07, 6.45) is 3.67. The van der Waals surface area contributed by atoms with E-state index in [9.17, 15) is 0 Å². The number of nitrogens with one attached hydrogen (secondary N) is 1. The minimum absolute atomic E-state index is 0.554. The highest BCUT2D eigenvalue weighted by molar-refractivity contribution is 5.35. The summed E-state index contributed by atoms with van der Waals surface area (Å²) in [5.74, 6) is 2.68. The quantitative estimate of drug-likeness (QED) is 0.798. The molecule has 4 nitrogen and oxygen atoms in total. The second-order valence-corrected chi connectivity index (χ2v) is 4.27. The van der Waals surface area contributed by atoms with E-state index in [1.54, 1.807) is 7.11 Å². The number of rotatable bonds is 6. The summed E-state index contributed by atoms with van der Waals surface area (Å²) in [6.45, 7) is 3.50. The molecule has 88 valence electrons. The predicted octanol–water partition coefficient (Wildman–Crippen LogP) is 2.01. The molecule has 1 aliphatic carbocycles. The normalized spacial score (nSPS) is 15.1. The topological polar surface area (TPSA) is 47.0 Å². The van der Waals surface area contributed by atoms with Crippen molar-refractivity contribution < 1.29 is 4.74 Å². The lowest BCUT2D eigenvalue weighted by Gasteiger charge is -2.08. The lowest BCUT2D eigenvalue weighted by molar-refractivity contribution is 0.181. The molecular formula is C12H19N3O. The molecule has 0 bridgehead atoms. The van der Waals surface area contributed by atoms with E-state index >= 15 is 0 Å². The number of hydrogen-bond acceptors (Lipinski definition) is 4. The molecule has 1 heterocycles. The standard InChI is InChI=1S/C12H19N3O/c1-3-13-11-7-10(8-16-2)14-12(15-11)6-9-4-5-9/h7,9H,3-6,8H2,1-2H3,(H,13,14,15). The third kappa shape index (κ3) is 3.17. The maximum absolute atomic E-state index is 5.12. The smallest absolute Gasteiger partial charge is 0.131 e. The first-order valence-corrected chi connectivity index (χ1v) is 5.91. The van der Waals surface area contributed by atoms with Crippen molar-refractivity contribution >= 4 is 5.82 Å². The zero-order chi connectivity index (χ0) is 11.4. The number of methoxy groups -OCH3 is 1. The van der Waals surface area contributed by atoms with Crippen molar-refractivity contribution in [3.63, 3.8) is 0 Å². The van der Waals surface area contributed by atoms with Gasteiger partial charge in [-0.2, -0.15) is 0 Å². The highest BCUT2D eigenvalue weighted by atomic mass is 16.5. The monoisotopic (exact) mass is 221 g/mol. The van der Waals surface area contributed by atoms with Gasteiger partial charge in [0.05, 0.1) is 12.3 Å². The van der Waals surface area contributed by atoms with Gasteiger partial charge in [0.15, 0.2) is 0 Å². The molecule has 2 rings (SSSR count). The number of anilines is 1. The molecule has 0 atom stereocenters. The van der Waals surface area contributed by atoms with Gasteiger partial charge in [0.25, 0.3) is 0 Å². The first-order chi connectivity index (χ1) is 7.81. The Bertz CT molecular complexity index is 326. The number of ether oxygens (including phenoxy) is 1. The summed E-state index contributed by atoms with van der Waals surface area (Å²) in [7, 11) is 1.69. The highest BCUT2D eigenvalue weighted by Crippen LogP contribution is 2.31. The second kappa shape index (κ2) is 5.25. The van der Waals surface area contributed by atoms with Gasteiger partial charge in [0, 0.05) is 26.1 Å². The summed E-state index contributed by atoms with van der Waals surface area (Å²) < 4.78 is 5.12. The van der Waals surface area contributed by atoms with Gasteiger partial charge >= 0.3 is 0 Å². The SMILES string of the molecule is CCNc1cc(COC)nc(CC2CC2)n1. The minimum atomic E-state index is 0.554. The van der Waals surface area contributed by atoms with Gasteiger partial charge in [-0.3, -0.25) is 0 Å². The van der Waals surface area contributed by atoms with Gasteiger partial charge in [-0.25, -0.2) is 9.97 Å². The first kappa shape index (κ1) is 11.3. The Morgan fingerprint density at radius 1 is 1.44 bits per heavy atom. The molecule has 0 aliphatic heterocycles. The molecule has 16 heavy (non-hydrogen) atoms. The molecule has 1 fully saturated rings. The van der Waals surface area contributed by atoms with Crippen LogP contribution in [0.15, 0.2) is 6.07 Å². The Balaban J connectivity index is 2.13. The predicted molar refractivity (Wildman–Crippen MR) is 63.3 cm³/mol. The summed E-state index contributed by atoms with van der Waals surface area (Å²) in [4.78, 5) is 9.02.